The van der Waals surface area contributed by atoms with E-state index >= 15 is 0 Å². The van der Waals surface area contributed by atoms with E-state index in [9.17, 15) is 18.0 Å². The number of hydrogen-bond donors (Lipinski definition) is 0. The van der Waals surface area contributed by atoms with Crippen LogP contribution in [0.15, 0.2) is 48.5 Å². The second kappa shape index (κ2) is 6.91. The first-order chi connectivity index (χ1) is 11.6. The number of carbonyl (C=O) groups excluding carboxylic acids is 1. The predicted octanol–water partition coefficient (Wildman–Crippen LogP) is 4.31. The minimum absolute atomic E-state index is 0.0484. The Morgan fingerprint density at radius 3 is 2.25 bits per heavy atom. The summed E-state index contributed by atoms with van der Waals surface area (Å²) in [4.78, 5) is 13.9. The molecule has 124 valence electrons. The number of halogens is 3. The van der Waals surface area contributed by atoms with E-state index in [2.05, 4.69) is 0 Å². The van der Waals surface area contributed by atoms with E-state index in [0.717, 1.165) is 37.1 Å². The highest BCUT2D eigenvalue weighted by atomic mass is 19.1. The number of amides is 1. The van der Waals surface area contributed by atoms with Crippen molar-refractivity contribution in [1.29, 1.82) is 0 Å². The number of rotatable bonds is 5. The average Bonchev–Trinajstić information content (AvgIpc) is 3.38. The van der Waals surface area contributed by atoms with Gasteiger partial charge in [-0.25, -0.2) is 13.2 Å². The normalized spacial score (nSPS) is 14.1. The predicted molar refractivity (Wildman–Crippen MR) is 85.4 cm³/mol. The number of nitrogens with zero attached hydrogens (tertiary/aromatic N) is 1. The molecule has 0 aromatic heterocycles. The molecule has 0 atom stereocenters. The van der Waals surface area contributed by atoms with Gasteiger partial charge in [0.25, 0.3) is 0 Å². The van der Waals surface area contributed by atoms with Crippen molar-refractivity contribution in [3.63, 3.8) is 0 Å². The molecule has 0 aliphatic heterocycles. The molecule has 1 fully saturated rings. The topological polar surface area (TPSA) is 20.3 Å². The van der Waals surface area contributed by atoms with E-state index in [1.807, 2.05) is 0 Å². The summed E-state index contributed by atoms with van der Waals surface area (Å²) in [5.74, 6) is -2.22. The lowest BCUT2D eigenvalue weighted by atomic mass is 10.1. The molecule has 0 radical (unpaired) electrons. The summed E-state index contributed by atoms with van der Waals surface area (Å²) < 4.78 is 41.0. The third-order valence-corrected chi connectivity index (χ3v) is 3.96. The van der Waals surface area contributed by atoms with Crippen LogP contribution in [-0.4, -0.2) is 16.8 Å². The molecule has 0 heterocycles. The maximum Gasteiger partial charge on any atom is 0.247 e. The highest BCUT2D eigenvalue weighted by molar-refractivity contribution is 5.92. The summed E-state index contributed by atoms with van der Waals surface area (Å²) in [6.45, 7) is 0.139. The highest BCUT2D eigenvalue weighted by Gasteiger charge is 2.32. The van der Waals surface area contributed by atoms with Gasteiger partial charge in [-0.3, -0.25) is 4.79 Å². The van der Waals surface area contributed by atoms with Crippen molar-refractivity contribution in [3.05, 3.63) is 77.1 Å². The minimum Gasteiger partial charge on any atom is -0.332 e. The van der Waals surface area contributed by atoms with Crippen molar-refractivity contribution in [2.45, 2.75) is 25.4 Å². The van der Waals surface area contributed by atoms with Crippen LogP contribution in [0.4, 0.5) is 13.2 Å². The lowest BCUT2D eigenvalue weighted by molar-refractivity contribution is -0.127. The molecule has 24 heavy (non-hydrogen) atoms. The zero-order valence-corrected chi connectivity index (χ0v) is 12.9. The van der Waals surface area contributed by atoms with Gasteiger partial charge in [-0.15, -0.1) is 0 Å². The van der Waals surface area contributed by atoms with Crippen molar-refractivity contribution in [1.82, 2.24) is 4.90 Å². The molecule has 1 aliphatic rings. The molecule has 0 spiro atoms. The Morgan fingerprint density at radius 1 is 1.00 bits per heavy atom. The molecule has 0 N–H and O–H groups in total. The number of benzene rings is 2. The maximum atomic E-state index is 13.8. The van der Waals surface area contributed by atoms with Crippen LogP contribution >= 0.6 is 0 Å². The minimum atomic E-state index is -0.730. The van der Waals surface area contributed by atoms with Crippen molar-refractivity contribution < 1.29 is 18.0 Å². The van der Waals surface area contributed by atoms with Gasteiger partial charge in [0.2, 0.25) is 5.91 Å². The van der Waals surface area contributed by atoms with E-state index in [1.165, 1.54) is 17.0 Å². The molecular weight excluding hydrogens is 315 g/mol. The van der Waals surface area contributed by atoms with Gasteiger partial charge in [-0.2, -0.15) is 0 Å². The van der Waals surface area contributed by atoms with Crippen LogP contribution in [0.2, 0.25) is 0 Å². The quantitative estimate of drug-likeness (QED) is 0.748. The van der Waals surface area contributed by atoms with Gasteiger partial charge in [0.1, 0.15) is 17.5 Å². The maximum absolute atomic E-state index is 13.8. The van der Waals surface area contributed by atoms with E-state index < -0.39 is 11.6 Å². The summed E-state index contributed by atoms with van der Waals surface area (Å²) >= 11 is 0. The Bertz CT molecular complexity index is 764. The van der Waals surface area contributed by atoms with Crippen molar-refractivity contribution in [3.8, 4) is 0 Å². The van der Waals surface area contributed by atoms with Gasteiger partial charge in [0, 0.05) is 29.8 Å². The Hall–Kier alpha value is -2.56. The van der Waals surface area contributed by atoms with Crippen LogP contribution < -0.4 is 0 Å². The van der Waals surface area contributed by atoms with Crippen LogP contribution in [0, 0.1) is 17.5 Å². The number of carbonyl (C=O) groups is 1. The van der Waals surface area contributed by atoms with Crippen LogP contribution in [0.3, 0.4) is 0 Å². The van der Waals surface area contributed by atoms with Gasteiger partial charge in [0.15, 0.2) is 0 Å². The fraction of sp³-hybridized carbons (Fsp3) is 0.211. The second-order valence-electron chi connectivity index (χ2n) is 5.76. The van der Waals surface area contributed by atoms with Gasteiger partial charge >= 0.3 is 0 Å². The molecule has 2 aromatic rings. The molecule has 0 bridgehead atoms. The Morgan fingerprint density at radius 2 is 1.62 bits per heavy atom. The first kappa shape index (κ1) is 16.3. The van der Waals surface area contributed by atoms with E-state index in [-0.39, 0.29) is 29.9 Å². The molecule has 5 heteroatoms. The standard InChI is InChI=1S/C19H16F3NO/c20-16-5-2-1-4-13(16)12-23(14-8-9-14)19(24)11-10-15-17(21)6-3-7-18(15)22/h1-7,10-11,14H,8-9,12H2/b11-10+. The van der Waals surface area contributed by atoms with Gasteiger partial charge < -0.3 is 4.90 Å². The highest BCUT2D eigenvalue weighted by Crippen LogP contribution is 2.29. The van der Waals surface area contributed by atoms with Crippen LogP contribution in [0.1, 0.15) is 24.0 Å². The second-order valence-corrected chi connectivity index (χ2v) is 5.76. The monoisotopic (exact) mass is 331 g/mol. The van der Waals surface area contributed by atoms with Crippen LogP contribution in [0.5, 0.6) is 0 Å². The Labute approximate surface area is 138 Å². The fourth-order valence-corrected chi connectivity index (χ4v) is 2.50. The van der Waals surface area contributed by atoms with Gasteiger partial charge in [-0.1, -0.05) is 24.3 Å². The first-order valence-corrected chi connectivity index (χ1v) is 7.72. The summed E-state index contributed by atoms with van der Waals surface area (Å²) in [5, 5.41) is 0. The van der Waals surface area contributed by atoms with E-state index in [4.69, 9.17) is 0 Å². The molecule has 2 aromatic carbocycles. The van der Waals surface area contributed by atoms with E-state index in [1.54, 1.807) is 18.2 Å². The molecule has 1 amide bonds. The van der Waals surface area contributed by atoms with Gasteiger partial charge in [0.05, 0.1) is 0 Å². The molecule has 1 saturated carbocycles. The SMILES string of the molecule is O=C(/C=C/c1c(F)cccc1F)N(Cc1ccccc1F)C1CC1. The number of hydrogen-bond acceptors (Lipinski definition) is 1. The van der Waals surface area contributed by atoms with Crippen molar-refractivity contribution in [2.24, 2.45) is 0 Å². The van der Waals surface area contributed by atoms with Crippen LogP contribution in [-0.2, 0) is 11.3 Å². The van der Waals surface area contributed by atoms with E-state index in [0.29, 0.717) is 5.56 Å². The van der Waals surface area contributed by atoms with Gasteiger partial charge in [-0.05, 0) is 37.1 Å². The van der Waals surface area contributed by atoms with Crippen LogP contribution in [0.25, 0.3) is 6.08 Å². The zero-order chi connectivity index (χ0) is 17.1. The molecule has 2 nitrogen and oxygen atoms in total. The molecule has 3 rings (SSSR count). The third-order valence-electron chi connectivity index (χ3n) is 3.96. The fourth-order valence-electron chi connectivity index (χ4n) is 2.50. The zero-order valence-electron chi connectivity index (χ0n) is 12.9. The Kier molecular flexibility index (Phi) is 4.69. The average molecular weight is 331 g/mol. The molecule has 1 aliphatic carbocycles. The summed E-state index contributed by atoms with van der Waals surface area (Å²) in [7, 11) is 0. The van der Waals surface area contributed by atoms with Crippen molar-refractivity contribution in [2.75, 3.05) is 0 Å². The Balaban J connectivity index is 1.78. The lowest BCUT2D eigenvalue weighted by Crippen LogP contribution is -2.31. The lowest BCUT2D eigenvalue weighted by Gasteiger charge is -2.21. The molecule has 0 saturated heterocycles. The third kappa shape index (κ3) is 3.67. The first-order valence-electron chi connectivity index (χ1n) is 7.72. The smallest absolute Gasteiger partial charge is 0.247 e. The van der Waals surface area contributed by atoms with Crippen molar-refractivity contribution >= 4 is 12.0 Å². The summed E-state index contributed by atoms with van der Waals surface area (Å²) in [6.07, 6.45) is 3.97. The molecular formula is C19H16F3NO. The molecule has 0 unspecified atom stereocenters. The summed E-state index contributed by atoms with van der Waals surface area (Å²) in [5.41, 5.74) is 0.163. The largest absolute Gasteiger partial charge is 0.332 e. The summed E-state index contributed by atoms with van der Waals surface area (Å²) in [6, 6.07) is 9.83.